The van der Waals surface area contributed by atoms with Gasteiger partial charge in [-0.15, -0.1) is 0 Å². The highest BCUT2D eigenvalue weighted by molar-refractivity contribution is 7.99. The molecule has 0 radical (unpaired) electrons. The Morgan fingerprint density at radius 3 is 2.84 bits per heavy atom. The zero-order valence-electron chi connectivity index (χ0n) is 12.8. The molecule has 0 fully saturated rings. The van der Waals surface area contributed by atoms with Crippen LogP contribution in [0.2, 0.25) is 5.02 Å². The SMILES string of the molecule is O=C(COC(=O)CSc1nc2ccccc2o1)Nc1ccc(Cl)cn1. The highest BCUT2D eigenvalue weighted by atomic mass is 35.5. The lowest BCUT2D eigenvalue weighted by molar-refractivity contribution is -0.144. The molecule has 1 amide bonds. The summed E-state index contributed by atoms with van der Waals surface area (Å²) in [7, 11) is 0. The van der Waals surface area contributed by atoms with Gasteiger partial charge in [0.15, 0.2) is 12.2 Å². The number of aromatic nitrogens is 2. The molecule has 0 atom stereocenters. The summed E-state index contributed by atoms with van der Waals surface area (Å²) in [4.78, 5) is 31.5. The first-order valence-electron chi connectivity index (χ1n) is 7.15. The number of ether oxygens (including phenoxy) is 1. The molecule has 0 aliphatic carbocycles. The Morgan fingerprint density at radius 1 is 1.24 bits per heavy atom. The van der Waals surface area contributed by atoms with Crippen LogP contribution in [0.5, 0.6) is 0 Å². The third-order valence-electron chi connectivity index (χ3n) is 2.95. The highest BCUT2D eigenvalue weighted by Crippen LogP contribution is 2.23. The van der Waals surface area contributed by atoms with Gasteiger partial charge in [0.25, 0.3) is 11.1 Å². The first-order chi connectivity index (χ1) is 12.1. The molecule has 3 rings (SSSR count). The van der Waals surface area contributed by atoms with Crippen molar-refractivity contribution in [3.8, 4) is 0 Å². The molecule has 0 aliphatic rings. The van der Waals surface area contributed by atoms with E-state index in [4.69, 9.17) is 20.8 Å². The Bertz CT molecular complexity index is 865. The first kappa shape index (κ1) is 17.2. The minimum atomic E-state index is -0.550. The normalized spacial score (nSPS) is 10.6. The number of para-hydroxylation sites is 2. The molecule has 0 spiro atoms. The van der Waals surface area contributed by atoms with E-state index in [2.05, 4.69) is 15.3 Å². The third-order valence-corrected chi connectivity index (χ3v) is 3.97. The quantitative estimate of drug-likeness (QED) is 0.520. The molecule has 0 saturated carbocycles. The van der Waals surface area contributed by atoms with Crippen molar-refractivity contribution in [1.29, 1.82) is 0 Å². The van der Waals surface area contributed by atoms with Crippen molar-refractivity contribution in [3.05, 3.63) is 47.6 Å². The highest BCUT2D eigenvalue weighted by Gasteiger charge is 2.12. The lowest BCUT2D eigenvalue weighted by Gasteiger charge is -2.05. The molecule has 9 heteroatoms. The fourth-order valence-electron chi connectivity index (χ4n) is 1.85. The number of nitrogens with zero attached hydrogens (tertiary/aromatic N) is 2. The third kappa shape index (κ3) is 4.94. The first-order valence-corrected chi connectivity index (χ1v) is 8.52. The number of hydrogen-bond acceptors (Lipinski definition) is 7. The number of rotatable bonds is 6. The molecule has 7 nitrogen and oxygen atoms in total. The average Bonchev–Trinajstić information content (AvgIpc) is 3.03. The van der Waals surface area contributed by atoms with Crippen molar-refractivity contribution in [1.82, 2.24) is 9.97 Å². The molecule has 0 saturated heterocycles. The van der Waals surface area contributed by atoms with Crippen LogP contribution in [0.3, 0.4) is 0 Å². The van der Waals surface area contributed by atoms with Crippen molar-refractivity contribution in [2.75, 3.05) is 17.7 Å². The predicted octanol–water partition coefficient (Wildman–Crippen LogP) is 3.15. The molecule has 0 unspecified atom stereocenters. The summed E-state index contributed by atoms with van der Waals surface area (Å²) in [6.07, 6.45) is 1.40. The number of hydrogen-bond donors (Lipinski definition) is 1. The minimum Gasteiger partial charge on any atom is -0.455 e. The van der Waals surface area contributed by atoms with Gasteiger partial charge in [-0.25, -0.2) is 9.97 Å². The maximum Gasteiger partial charge on any atom is 0.316 e. The fourth-order valence-corrected chi connectivity index (χ4v) is 2.60. The molecule has 2 heterocycles. The number of thioether (sulfide) groups is 1. The van der Waals surface area contributed by atoms with E-state index in [1.165, 1.54) is 6.20 Å². The van der Waals surface area contributed by atoms with Crippen molar-refractivity contribution in [2.24, 2.45) is 0 Å². The number of benzene rings is 1. The predicted molar refractivity (Wildman–Crippen MR) is 93.6 cm³/mol. The number of halogens is 1. The molecule has 128 valence electrons. The van der Waals surface area contributed by atoms with Crippen LogP contribution in [0.15, 0.2) is 52.2 Å². The summed E-state index contributed by atoms with van der Waals surface area (Å²) in [5.41, 5.74) is 1.36. The molecule has 3 aromatic rings. The Hall–Kier alpha value is -2.58. The van der Waals surface area contributed by atoms with E-state index in [0.717, 1.165) is 11.8 Å². The molecule has 0 aliphatic heterocycles. The maximum absolute atomic E-state index is 11.7. The van der Waals surface area contributed by atoms with Gasteiger partial charge in [0.05, 0.1) is 5.02 Å². The molecular formula is C16H12ClN3O4S. The van der Waals surface area contributed by atoms with E-state index in [-0.39, 0.29) is 5.75 Å². The van der Waals surface area contributed by atoms with E-state index in [0.29, 0.717) is 27.2 Å². The van der Waals surface area contributed by atoms with Gasteiger partial charge in [-0.05, 0) is 24.3 Å². The van der Waals surface area contributed by atoms with Gasteiger partial charge in [-0.3, -0.25) is 9.59 Å². The number of carbonyl (C=O) groups is 2. The summed E-state index contributed by atoms with van der Waals surface area (Å²) >= 11 is 6.80. The van der Waals surface area contributed by atoms with E-state index in [1.54, 1.807) is 18.2 Å². The number of amides is 1. The number of nitrogens with one attached hydrogen (secondary N) is 1. The standard InChI is InChI=1S/C16H12ClN3O4S/c17-10-5-6-13(18-7-10)20-14(21)8-23-15(22)9-25-16-19-11-3-1-2-4-12(11)24-16/h1-7H,8-9H2,(H,18,20,21). The lowest BCUT2D eigenvalue weighted by atomic mass is 10.3. The smallest absolute Gasteiger partial charge is 0.316 e. The Labute approximate surface area is 151 Å². The van der Waals surface area contributed by atoms with Gasteiger partial charge in [-0.2, -0.15) is 0 Å². The van der Waals surface area contributed by atoms with Crippen LogP contribution in [0.1, 0.15) is 0 Å². The minimum absolute atomic E-state index is 0.0146. The van der Waals surface area contributed by atoms with Crippen LogP contribution in [0.4, 0.5) is 5.82 Å². The van der Waals surface area contributed by atoms with Crippen molar-refractivity contribution in [3.63, 3.8) is 0 Å². The van der Waals surface area contributed by atoms with Crippen molar-refractivity contribution in [2.45, 2.75) is 5.22 Å². The number of fused-ring (bicyclic) bond motifs is 1. The van der Waals surface area contributed by atoms with Gasteiger partial charge in [0.2, 0.25) is 0 Å². The van der Waals surface area contributed by atoms with Gasteiger partial charge in [0, 0.05) is 6.20 Å². The Balaban J connectivity index is 1.43. The largest absolute Gasteiger partial charge is 0.455 e. The van der Waals surface area contributed by atoms with Gasteiger partial charge in [0.1, 0.15) is 17.1 Å². The number of pyridine rings is 1. The Morgan fingerprint density at radius 2 is 2.08 bits per heavy atom. The van der Waals surface area contributed by atoms with Gasteiger partial charge in [-0.1, -0.05) is 35.5 Å². The van der Waals surface area contributed by atoms with E-state index in [9.17, 15) is 9.59 Å². The van der Waals surface area contributed by atoms with E-state index < -0.39 is 18.5 Å². The van der Waals surface area contributed by atoms with Crippen LogP contribution >= 0.6 is 23.4 Å². The maximum atomic E-state index is 11.7. The van der Waals surface area contributed by atoms with Crippen LogP contribution in [0.25, 0.3) is 11.1 Å². The molecule has 0 bridgehead atoms. The average molecular weight is 378 g/mol. The monoisotopic (exact) mass is 377 g/mol. The summed E-state index contributed by atoms with van der Waals surface area (Å²) in [6, 6.07) is 10.4. The summed E-state index contributed by atoms with van der Waals surface area (Å²) in [6.45, 7) is -0.405. The molecular weight excluding hydrogens is 366 g/mol. The van der Waals surface area contributed by atoms with E-state index >= 15 is 0 Å². The van der Waals surface area contributed by atoms with Crippen molar-refractivity contribution >= 4 is 52.2 Å². The summed E-state index contributed by atoms with van der Waals surface area (Å²) in [5, 5.41) is 3.32. The van der Waals surface area contributed by atoms with E-state index in [1.807, 2.05) is 18.2 Å². The zero-order valence-corrected chi connectivity index (χ0v) is 14.3. The second-order valence-corrected chi connectivity index (χ2v) is 6.17. The molecule has 1 aromatic carbocycles. The fraction of sp³-hybridized carbons (Fsp3) is 0.125. The number of oxazole rings is 1. The van der Waals surface area contributed by atoms with Gasteiger partial charge < -0.3 is 14.5 Å². The van der Waals surface area contributed by atoms with Crippen LogP contribution in [-0.4, -0.2) is 34.2 Å². The lowest BCUT2D eigenvalue weighted by Crippen LogP contribution is -2.22. The summed E-state index contributed by atoms with van der Waals surface area (Å²) < 4.78 is 10.4. The number of anilines is 1. The number of esters is 1. The second-order valence-electron chi connectivity index (χ2n) is 4.81. The Kier molecular flexibility index (Phi) is 5.52. The summed E-state index contributed by atoms with van der Waals surface area (Å²) in [5.74, 6) is -0.730. The number of carbonyl (C=O) groups excluding carboxylic acids is 2. The topological polar surface area (TPSA) is 94.3 Å². The second kappa shape index (κ2) is 8.00. The van der Waals surface area contributed by atoms with Crippen molar-refractivity contribution < 1.29 is 18.7 Å². The molecule has 2 aromatic heterocycles. The van der Waals surface area contributed by atoms with Crippen LogP contribution in [0, 0.1) is 0 Å². The van der Waals surface area contributed by atoms with Crippen LogP contribution in [-0.2, 0) is 14.3 Å². The van der Waals surface area contributed by atoms with Crippen LogP contribution < -0.4 is 5.32 Å². The zero-order chi connectivity index (χ0) is 17.6. The van der Waals surface area contributed by atoms with Gasteiger partial charge >= 0.3 is 5.97 Å². The molecule has 1 N–H and O–H groups in total. The molecule has 25 heavy (non-hydrogen) atoms.